The number of likely N-dealkylation sites (N-methyl/N-ethyl adjacent to an activating group) is 1. The van der Waals surface area contributed by atoms with Gasteiger partial charge in [0.25, 0.3) is 0 Å². The fourth-order valence-corrected chi connectivity index (χ4v) is 3.16. The SMILES string of the molecule is CCC(N)C(c1ccc(C)cc1)N(CC)CC1CCC1. The molecule has 1 aliphatic carbocycles. The molecule has 112 valence electrons. The first-order valence-corrected chi connectivity index (χ1v) is 8.21. The van der Waals surface area contributed by atoms with E-state index >= 15 is 0 Å². The summed E-state index contributed by atoms with van der Waals surface area (Å²) >= 11 is 0. The van der Waals surface area contributed by atoms with Crippen LogP contribution in [0.25, 0.3) is 0 Å². The van der Waals surface area contributed by atoms with Gasteiger partial charge in [0.1, 0.15) is 0 Å². The Morgan fingerprint density at radius 2 is 1.85 bits per heavy atom. The van der Waals surface area contributed by atoms with Crippen molar-refractivity contribution in [2.75, 3.05) is 13.1 Å². The van der Waals surface area contributed by atoms with E-state index < -0.39 is 0 Å². The maximum atomic E-state index is 6.46. The standard InChI is InChI=1S/C18H30N2/c1-4-17(19)18(16-11-9-14(3)10-12-16)20(5-2)13-15-7-6-8-15/h9-12,15,17-18H,4-8,13,19H2,1-3H3. The molecule has 0 bridgehead atoms. The van der Waals surface area contributed by atoms with Crippen molar-refractivity contribution in [1.29, 1.82) is 0 Å². The van der Waals surface area contributed by atoms with Crippen molar-refractivity contribution in [3.8, 4) is 0 Å². The summed E-state index contributed by atoms with van der Waals surface area (Å²) in [4.78, 5) is 2.60. The second-order valence-corrected chi connectivity index (χ2v) is 6.31. The maximum Gasteiger partial charge on any atom is 0.0499 e. The van der Waals surface area contributed by atoms with Crippen molar-refractivity contribution in [3.63, 3.8) is 0 Å². The van der Waals surface area contributed by atoms with Crippen LogP contribution in [0.15, 0.2) is 24.3 Å². The number of benzene rings is 1. The van der Waals surface area contributed by atoms with Crippen LogP contribution >= 0.6 is 0 Å². The lowest BCUT2D eigenvalue weighted by molar-refractivity contribution is 0.121. The number of nitrogens with two attached hydrogens (primary N) is 1. The van der Waals surface area contributed by atoms with Crippen molar-refractivity contribution in [1.82, 2.24) is 4.90 Å². The van der Waals surface area contributed by atoms with E-state index in [0.29, 0.717) is 6.04 Å². The highest BCUT2D eigenvalue weighted by molar-refractivity contribution is 5.25. The predicted molar refractivity (Wildman–Crippen MR) is 86.8 cm³/mol. The Balaban J connectivity index is 2.17. The molecule has 2 nitrogen and oxygen atoms in total. The lowest BCUT2D eigenvalue weighted by Gasteiger charge is -2.39. The van der Waals surface area contributed by atoms with Crippen molar-refractivity contribution < 1.29 is 0 Å². The van der Waals surface area contributed by atoms with Crippen molar-refractivity contribution in [2.24, 2.45) is 11.7 Å². The third-order valence-corrected chi connectivity index (χ3v) is 4.81. The van der Waals surface area contributed by atoms with Gasteiger partial charge in [-0.2, -0.15) is 0 Å². The minimum Gasteiger partial charge on any atom is -0.326 e. The second kappa shape index (κ2) is 7.24. The highest BCUT2D eigenvalue weighted by Gasteiger charge is 2.28. The number of aryl methyl sites for hydroxylation is 1. The zero-order chi connectivity index (χ0) is 14.5. The van der Waals surface area contributed by atoms with E-state index in [1.54, 1.807) is 0 Å². The fourth-order valence-electron chi connectivity index (χ4n) is 3.16. The van der Waals surface area contributed by atoms with E-state index in [-0.39, 0.29) is 6.04 Å². The van der Waals surface area contributed by atoms with Crippen LogP contribution < -0.4 is 5.73 Å². The summed E-state index contributed by atoms with van der Waals surface area (Å²) in [6.45, 7) is 8.90. The van der Waals surface area contributed by atoms with Crippen molar-refractivity contribution in [3.05, 3.63) is 35.4 Å². The minimum atomic E-state index is 0.220. The molecule has 2 N–H and O–H groups in total. The molecule has 20 heavy (non-hydrogen) atoms. The summed E-state index contributed by atoms with van der Waals surface area (Å²) in [5.74, 6) is 0.895. The predicted octanol–water partition coefficient (Wildman–Crippen LogP) is 3.90. The van der Waals surface area contributed by atoms with E-state index in [9.17, 15) is 0 Å². The number of nitrogens with zero attached hydrogens (tertiary/aromatic N) is 1. The van der Waals surface area contributed by atoms with Crippen LogP contribution in [-0.2, 0) is 0 Å². The van der Waals surface area contributed by atoms with E-state index in [2.05, 4.69) is 49.9 Å². The van der Waals surface area contributed by atoms with Crippen molar-refractivity contribution >= 4 is 0 Å². The van der Waals surface area contributed by atoms with Crippen LogP contribution in [0.4, 0.5) is 0 Å². The quantitative estimate of drug-likeness (QED) is 0.817. The number of rotatable bonds is 7. The van der Waals surface area contributed by atoms with Gasteiger partial charge in [0, 0.05) is 18.6 Å². The highest BCUT2D eigenvalue weighted by Crippen LogP contribution is 2.32. The highest BCUT2D eigenvalue weighted by atomic mass is 15.2. The summed E-state index contributed by atoms with van der Waals surface area (Å²) in [5.41, 5.74) is 9.16. The first kappa shape index (κ1) is 15.5. The first-order chi connectivity index (χ1) is 9.65. The molecule has 1 fully saturated rings. The molecule has 0 saturated heterocycles. The van der Waals surface area contributed by atoms with Gasteiger partial charge in [-0.3, -0.25) is 4.90 Å². The average molecular weight is 274 g/mol. The summed E-state index contributed by atoms with van der Waals surface area (Å²) < 4.78 is 0. The number of hydrogen-bond acceptors (Lipinski definition) is 2. The Morgan fingerprint density at radius 1 is 1.20 bits per heavy atom. The minimum absolute atomic E-state index is 0.220. The van der Waals surface area contributed by atoms with Crippen molar-refractivity contribution in [2.45, 2.75) is 58.5 Å². The largest absolute Gasteiger partial charge is 0.326 e. The Hall–Kier alpha value is -0.860. The van der Waals surface area contributed by atoms with Gasteiger partial charge in [0.05, 0.1) is 0 Å². The normalized spacial score (nSPS) is 18.9. The van der Waals surface area contributed by atoms with Crippen LogP contribution in [0.3, 0.4) is 0 Å². The molecule has 0 heterocycles. The third kappa shape index (κ3) is 3.62. The van der Waals surface area contributed by atoms with Crippen LogP contribution in [0, 0.1) is 12.8 Å². The fraction of sp³-hybridized carbons (Fsp3) is 0.667. The molecule has 1 aliphatic rings. The average Bonchev–Trinajstić information content (AvgIpc) is 2.42. The zero-order valence-electron chi connectivity index (χ0n) is 13.3. The van der Waals surface area contributed by atoms with Gasteiger partial charge >= 0.3 is 0 Å². The molecule has 2 rings (SSSR count). The van der Waals surface area contributed by atoms with E-state index in [1.165, 1.54) is 36.9 Å². The molecule has 2 unspecified atom stereocenters. The summed E-state index contributed by atoms with van der Waals surface area (Å²) in [6.07, 6.45) is 5.24. The van der Waals surface area contributed by atoms with E-state index in [0.717, 1.165) is 18.9 Å². The van der Waals surface area contributed by atoms with Crippen LogP contribution in [0.5, 0.6) is 0 Å². The van der Waals surface area contributed by atoms with E-state index in [4.69, 9.17) is 5.73 Å². The summed E-state index contributed by atoms with van der Waals surface area (Å²) in [5, 5.41) is 0. The molecular formula is C18H30N2. The second-order valence-electron chi connectivity index (χ2n) is 6.31. The van der Waals surface area contributed by atoms with Gasteiger partial charge in [0.15, 0.2) is 0 Å². The van der Waals surface area contributed by atoms with Gasteiger partial charge in [-0.05, 0) is 44.2 Å². The Labute approximate surface area is 124 Å². The summed E-state index contributed by atoms with van der Waals surface area (Å²) in [6, 6.07) is 9.53. The Kier molecular flexibility index (Phi) is 5.62. The van der Waals surface area contributed by atoms with Crippen LogP contribution in [0.1, 0.15) is 56.7 Å². The molecule has 0 aliphatic heterocycles. The van der Waals surface area contributed by atoms with Gasteiger partial charge < -0.3 is 5.73 Å². The van der Waals surface area contributed by atoms with E-state index in [1.807, 2.05) is 0 Å². The van der Waals surface area contributed by atoms with Crippen LogP contribution in [0.2, 0.25) is 0 Å². The lowest BCUT2D eigenvalue weighted by Crippen LogP contribution is -2.43. The molecule has 1 aromatic carbocycles. The molecular weight excluding hydrogens is 244 g/mol. The van der Waals surface area contributed by atoms with Gasteiger partial charge in [-0.25, -0.2) is 0 Å². The molecule has 0 aromatic heterocycles. The van der Waals surface area contributed by atoms with Gasteiger partial charge in [-0.15, -0.1) is 0 Å². The summed E-state index contributed by atoms with van der Waals surface area (Å²) in [7, 11) is 0. The smallest absolute Gasteiger partial charge is 0.0499 e. The molecule has 0 amide bonds. The zero-order valence-corrected chi connectivity index (χ0v) is 13.3. The molecule has 2 atom stereocenters. The molecule has 2 heteroatoms. The van der Waals surface area contributed by atoms with Gasteiger partial charge in [-0.1, -0.05) is 50.1 Å². The first-order valence-electron chi connectivity index (χ1n) is 8.21. The van der Waals surface area contributed by atoms with Crippen LogP contribution in [-0.4, -0.2) is 24.0 Å². The Morgan fingerprint density at radius 3 is 2.30 bits per heavy atom. The van der Waals surface area contributed by atoms with Gasteiger partial charge in [0.2, 0.25) is 0 Å². The molecule has 1 aromatic rings. The molecule has 1 saturated carbocycles. The molecule has 0 radical (unpaired) electrons. The topological polar surface area (TPSA) is 29.3 Å². The monoisotopic (exact) mass is 274 g/mol. The third-order valence-electron chi connectivity index (χ3n) is 4.81. The Bertz CT molecular complexity index is 394. The molecule has 0 spiro atoms. The maximum absolute atomic E-state index is 6.46. The number of hydrogen-bond donors (Lipinski definition) is 1. The lowest BCUT2D eigenvalue weighted by atomic mass is 9.84.